The summed E-state index contributed by atoms with van der Waals surface area (Å²) in [5.41, 5.74) is -0.515. The lowest BCUT2D eigenvalue weighted by Gasteiger charge is -2.14. The number of nitrogens with one attached hydrogen (secondary N) is 1. The average molecular weight is 333 g/mol. The van der Waals surface area contributed by atoms with Crippen LogP contribution in [0.15, 0.2) is 42.6 Å². The van der Waals surface area contributed by atoms with Crippen LogP contribution in [0.1, 0.15) is 16.1 Å². The van der Waals surface area contributed by atoms with Gasteiger partial charge in [0.25, 0.3) is 5.91 Å². The molecule has 1 atom stereocenters. The van der Waals surface area contributed by atoms with Gasteiger partial charge in [-0.2, -0.15) is 4.39 Å². The summed E-state index contributed by atoms with van der Waals surface area (Å²) in [4.78, 5) is 36.9. The average Bonchev–Trinajstić information content (AvgIpc) is 2.56. The van der Waals surface area contributed by atoms with Crippen LogP contribution >= 0.6 is 0 Å². The fraction of sp³-hybridized carbons (Fsp3) is 0.133. The number of pyridine rings is 1. The minimum absolute atomic E-state index is 0.0360. The van der Waals surface area contributed by atoms with Gasteiger partial charge < -0.3 is 10.4 Å². The molecule has 24 heavy (non-hydrogen) atoms. The number of carboxylic acids is 1. The summed E-state index contributed by atoms with van der Waals surface area (Å²) in [5, 5.41) is 22.2. The fourth-order valence-corrected chi connectivity index (χ4v) is 1.99. The Morgan fingerprint density at radius 2 is 2.08 bits per heavy atom. The van der Waals surface area contributed by atoms with Gasteiger partial charge in [0, 0.05) is 18.7 Å². The third-order valence-corrected chi connectivity index (χ3v) is 3.15. The Morgan fingerprint density at radius 1 is 1.33 bits per heavy atom. The van der Waals surface area contributed by atoms with Crippen molar-refractivity contribution >= 4 is 17.6 Å². The van der Waals surface area contributed by atoms with E-state index in [1.54, 1.807) is 12.1 Å². The zero-order valence-corrected chi connectivity index (χ0v) is 12.2. The molecule has 2 N–H and O–H groups in total. The highest BCUT2D eigenvalue weighted by atomic mass is 19.1. The van der Waals surface area contributed by atoms with Crippen LogP contribution in [0.5, 0.6) is 0 Å². The molecule has 0 aliphatic heterocycles. The highest BCUT2D eigenvalue weighted by Crippen LogP contribution is 2.19. The van der Waals surface area contributed by atoms with Crippen LogP contribution in [0.4, 0.5) is 10.1 Å². The second-order valence-electron chi connectivity index (χ2n) is 4.83. The van der Waals surface area contributed by atoms with E-state index >= 15 is 0 Å². The highest BCUT2D eigenvalue weighted by molar-refractivity contribution is 5.94. The number of carbonyl (C=O) groups is 2. The van der Waals surface area contributed by atoms with Gasteiger partial charge in [0.15, 0.2) is 0 Å². The summed E-state index contributed by atoms with van der Waals surface area (Å²) in [5.74, 6) is -3.04. The summed E-state index contributed by atoms with van der Waals surface area (Å²) in [6.07, 6.45) is 1.14. The number of rotatable bonds is 6. The summed E-state index contributed by atoms with van der Waals surface area (Å²) in [7, 11) is 0. The van der Waals surface area contributed by atoms with E-state index in [2.05, 4.69) is 10.3 Å². The summed E-state index contributed by atoms with van der Waals surface area (Å²) >= 11 is 0. The molecule has 2 aromatic rings. The number of nitro groups is 1. The van der Waals surface area contributed by atoms with Crippen molar-refractivity contribution in [2.75, 3.05) is 0 Å². The van der Waals surface area contributed by atoms with Gasteiger partial charge in [-0.15, -0.1) is 0 Å². The molecule has 0 spiro atoms. The van der Waals surface area contributed by atoms with Crippen LogP contribution in [0.3, 0.4) is 0 Å². The molecule has 1 aromatic heterocycles. The number of halogens is 1. The molecule has 9 heteroatoms. The topological polar surface area (TPSA) is 122 Å². The van der Waals surface area contributed by atoms with Crippen LogP contribution in [-0.2, 0) is 11.2 Å². The number of aliphatic carboxylic acids is 1. The van der Waals surface area contributed by atoms with E-state index in [4.69, 9.17) is 0 Å². The normalized spacial score (nSPS) is 11.5. The molecule has 1 heterocycles. The first-order valence-electron chi connectivity index (χ1n) is 6.76. The summed E-state index contributed by atoms with van der Waals surface area (Å²) < 4.78 is 13.3. The molecule has 1 aromatic carbocycles. The van der Waals surface area contributed by atoms with Crippen molar-refractivity contribution in [2.24, 2.45) is 0 Å². The molecule has 1 amide bonds. The lowest BCUT2D eigenvalue weighted by Crippen LogP contribution is -2.42. The zero-order chi connectivity index (χ0) is 17.7. The van der Waals surface area contributed by atoms with E-state index in [0.29, 0.717) is 0 Å². The lowest BCUT2D eigenvalue weighted by molar-refractivity contribution is -0.387. The number of carboxylic acid groups (broad SMARTS) is 1. The highest BCUT2D eigenvalue weighted by Gasteiger charge is 2.23. The number of nitrogens with zero attached hydrogens (tertiary/aromatic N) is 2. The minimum atomic E-state index is -1.34. The lowest BCUT2D eigenvalue weighted by atomic mass is 10.0. The Bertz CT molecular complexity index is 782. The van der Waals surface area contributed by atoms with Gasteiger partial charge in [-0.25, -0.2) is 4.79 Å². The number of amides is 1. The fourth-order valence-electron chi connectivity index (χ4n) is 1.99. The van der Waals surface area contributed by atoms with E-state index in [9.17, 15) is 29.2 Å². The van der Waals surface area contributed by atoms with Crippen LogP contribution in [0, 0.1) is 15.9 Å². The molecule has 0 fully saturated rings. The number of hydrogen-bond acceptors (Lipinski definition) is 5. The SMILES string of the molecule is O=C(N[C@@H](Cc1ccc(F)c([N+](=O)[O-])c1)C(=O)O)c1ccccn1. The number of carbonyl (C=O) groups excluding carboxylic acids is 1. The van der Waals surface area contributed by atoms with Gasteiger partial charge in [-0.1, -0.05) is 12.1 Å². The zero-order valence-electron chi connectivity index (χ0n) is 12.2. The van der Waals surface area contributed by atoms with Gasteiger partial charge in [0.2, 0.25) is 5.82 Å². The Morgan fingerprint density at radius 3 is 2.67 bits per heavy atom. The van der Waals surface area contributed by atoms with Crippen molar-refractivity contribution in [3.8, 4) is 0 Å². The predicted octanol–water partition coefficient (Wildman–Crippen LogP) is 1.55. The number of benzene rings is 1. The van der Waals surface area contributed by atoms with Gasteiger partial charge in [-0.3, -0.25) is 19.9 Å². The van der Waals surface area contributed by atoms with E-state index in [1.165, 1.54) is 18.3 Å². The van der Waals surface area contributed by atoms with Gasteiger partial charge in [-0.05, 0) is 23.8 Å². The number of aromatic nitrogens is 1. The minimum Gasteiger partial charge on any atom is -0.480 e. The molecule has 124 valence electrons. The Balaban J connectivity index is 2.17. The van der Waals surface area contributed by atoms with Crippen LogP contribution in [0.2, 0.25) is 0 Å². The molecule has 2 rings (SSSR count). The van der Waals surface area contributed by atoms with Crippen molar-refractivity contribution in [2.45, 2.75) is 12.5 Å². The van der Waals surface area contributed by atoms with Gasteiger partial charge in [0.1, 0.15) is 11.7 Å². The Hall–Kier alpha value is -3.36. The molecular formula is C15H12FN3O5. The third kappa shape index (κ3) is 4.09. The van der Waals surface area contributed by atoms with E-state index < -0.39 is 34.3 Å². The monoisotopic (exact) mass is 333 g/mol. The van der Waals surface area contributed by atoms with Gasteiger partial charge in [0.05, 0.1) is 4.92 Å². The van der Waals surface area contributed by atoms with E-state index in [1.807, 2.05) is 0 Å². The van der Waals surface area contributed by atoms with Crippen LogP contribution in [-0.4, -0.2) is 32.9 Å². The largest absolute Gasteiger partial charge is 0.480 e. The second kappa shape index (κ2) is 7.27. The molecular weight excluding hydrogens is 321 g/mol. The summed E-state index contributed by atoms with van der Waals surface area (Å²) in [6, 6.07) is 6.29. The van der Waals surface area contributed by atoms with Crippen molar-refractivity contribution in [1.29, 1.82) is 0 Å². The standard InChI is InChI=1S/C15H12FN3O5/c16-10-5-4-9(8-13(10)19(23)24)7-12(15(21)22)18-14(20)11-3-1-2-6-17-11/h1-6,8,12H,7H2,(H,18,20)(H,21,22)/t12-/m0/s1. The second-order valence-corrected chi connectivity index (χ2v) is 4.83. The Kier molecular flexibility index (Phi) is 5.15. The maximum atomic E-state index is 13.3. The van der Waals surface area contributed by atoms with Crippen LogP contribution < -0.4 is 5.32 Å². The molecule has 0 aliphatic rings. The molecule has 0 unspecified atom stereocenters. The maximum Gasteiger partial charge on any atom is 0.326 e. The molecule has 0 radical (unpaired) electrons. The molecule has 8 nitrogen and oxygen atoms in total. The first-order valence-corrected chi connectivity index (χ1v) is 6.76. The van der Waals surface area contributed by atoms with Crippen molar-refractivity contribution in [1.82, 2.24) is 10.3 Å². The quantitative estimate of drug-likeness (QED) is 0.611. The smallest absolute Gasteiger partial charge is 0.326 e. The number of nitro benzene ring substituents is 1. The number of hydrogen-bond donors (Lipinski definition) is 2. The van der Waals surface area contributed by atoms with Crippen molar-refractivity contribution in [3.63, 3.8) is 0 Å². The maximum absolute atomic E-state index is 13.3. The Labute approximate surface area is 135 Å². The van der Waals surface area contributed by atoms with Crippen molar-refractivity contribution in [3.05, 3.63) is 69.8 Å². The predicted molar refractivity (Wildman–Crippen MR) is 79.9 cm³/mol. The summed E-state index contributed by atoms with van der Waals surface area (Å²) in [6.45, 7) is 0. The van der Waals surface area contributed by atoms with E-state index in [0.717, 1.165) is 12.1 Å². The first kappa shape index (κ1) is 17.0. The molecule has 0 bridgehead atoms. The third-order valence-electron chi connectivity index (χ3n) is 3.15. The molecule has 0 saturated heterocycles. The van der Waals surface area contributed by atoms with Gasteiger partial charge >= 0.3 is 11.7 Å². The van der Waals surface area contributed by atoms with Crippen LogP contribution in [0.25, 0.3) is 0 Å². The first-order chi connectivity index (χ1) is 11.4. The molecule has 0 aliphatic carbocycles. The van der Waals surface area contributed by atoms with E-state index in [-0.39, 0.29) is 17.7 Å². The molecule has 0 saturated carbocycles. The van der Waals surface area contributed by atoms with Crippen molar-refractivity contribution < 1.29 is 24.0 Å².